The van der Waals surface area contributed by atoms with Crippen molar-refractivity contribution in [2.24, 2.45) is 0 Å². The molecule has 21 N–H and O–H groups in total. The van der Waals surface area contributed by atoms with E-state index in [1.807, 2.05) is 0 Å². The van der Waals surface area contributed by atoms with Crippen molar-refractivity contribution in [1.29, 1.82) is 0 Å². The second-order valence-corrected chi connectivity index (χ2v) is 8.54. The Balaban J connectivity index is -0.0000000982. The molecule has 0 aromatic carbocycles. The fourth-order valence-electron chi connectivity index (χ4n) is 3.21. The predicted octanol–water partition coefficient (Wildman–Crippen LogP) is 3.24. The Morgan fingerprint density at radius 3 is 1.26 bits per heavy atom. The van der Waals surface area contributed by atoms with Crippen LogP contribution in [0.1, 0.15) is 130 Å². The molecule has 0 heterocycles. The van der Waals surface area contributed by atoms with Crippen molar-refractivity contribution < 1.29 is 35.1 Å². The zero-order valence-electron chi connectivity index (χ0n) is 29.2. The van der Waals surface area contributed by atoms with E-state index < -0.39 is 18.0 Å². The van der Waals surface area contributed by atoms with Gasteiger partial charge in [-0.1, -0.05) is 97.6 Å². The lowest BCUT2D eigenvalue weighted by molar-refractivity contribution is -0.362. The van der Waals surface area contributed by atoms with Crippen LogP contribution in [0.25, 0.3) is 0 Å². The molecule has 0 amide bonds. The van der Waals surface area contributed by atoms with Gasteiger partial charge in [0.2, 0.25) is 0 Å². The zero-order valence-corrected chi connectivity index (χ0v) is 29.2. The normalized spacial score (nSPS) is 9.60. The first kappa shape index (κ1) is 63.5. The highest BCUT2D eigenvalue weighted by atomic mass is 16.4. The van der Waals surface area contributed by atoms with Crippen molar-refractivity contribution in [2.75, 3.05) is 26.4 Å². The summed E-state index contributed by atoms with van der Waals surface area (Å²) in [5.74, 6) is -2.48. The smallest absolute Gasteiger partial charge is 0.0584 e. The molecule has 0 bridgehead atoms. The molecule has 0 aromatic heterocycles. The molecule has 13 heteroatoms. The van der Waals surface area contributed by atoms with E-state index in [1.165, 1.54) is 70.6 Å². The van der Waals surface area contributed by atoms with E-state index in [9.17, 15) is 19.8 Å². The van der Waals surface area contributed by atoms with Crippen LogP contribution in [0.15, 0.2) is 12.2 Å². The zero-order chi connectivity index (χ0) is 29.0. The fraction of sp³-hybridized carbons (Fsp3) is 0.862. The Kier molecular flexibility index (Phi) is 95.0. The molecule has 1 atom stereocenters. The second-order valence-electron chi connectivity index (χ2n) is 8.54. The van der Waals surface area contributed by atoms with Gasteiger partial charge in [-0.25, -0.2) is 0 Å². The molecule has 0 aliphatic carbocycles. The molecule has 13 nitrogen and oxygen atoms in total. The molecule has 264 valence electrons. The quantitative estimate of drug-likeness (QED) is 0.0814. The topological polar surface area (TPSA) is 344 Å². The molecular formula is C29H76N6O7. The van der Waals surface area contributed by atoms with Crippen LogP contribution in [0.5, 0.6) is 0 Å². The number of unbranched alkanes of at least 4 members (excludes halogenated alkanes) is 12. The third-order valence-corrected chi connectivity index (χ3v) is 5.00. The van der Waals surface area contributed by atoms with Gasteiger partial charge >= 0.3 is 0 Å². The maximum atomic E-state index is 10.9. The number of allylic oxidation sites excluding steroid dienone is 2. The van der Waals surface area contributed by atoms with Gasteiger partial charge in [0.05, 0.1) is 5.97 Å². The fourth-order valence-corrected chi connectivity index (χ4v) is 3.21. The van der Waals surface area contributed by atoms with Crippen LogP contribution in [0.2, 0.25) is 0 Å². The molecule has 42 heavy (non-hydrogen) atoms. The standard InChI is InChI=1S/C23H43NO4.3C2H5O.5H3N/c1-2-3-4-5-6-7-8-9-10-11-12-13-14-15-16-17-20-24-21(23(27)28)18-19-22(25)26;3*1-2-3;;;;;/h9-10,21,24H,2-8,11-20H2,1H3,(H,25,26)(H,27,28);3*2H2,1H3;5*1H3/q;3*-1;;;;;/p+3/b10-9-;;;;;;;;/t21-;;;;;;;;/m0......../s1. The summed E-state index contributed by atoms with van der Waals surface area (Å²) in [5.41, 5.74) is 0. The van der Waals surface area contributed by atoms with Gasteiger partial charge in [0.15, 0.2) is 0 Å². The van der Waals surface area contributed by atoms with Gasteiger partial charge in [0.25, 0.3) is 0 Å². The first-order valence-electron chi connectivity index (χ1n) is 14.4. The van der Waals surface area contributed by atoms with Crippen molar-refractivity contribution >= 4 is 11.9 Å². The van der Waals surface area contributed by atoms with E-state index in [0.29, 0.717) is 6.54 Å². The molecule has 0 aliphatic rings. The van der Waals surface area contributed by atoms with Gasteiger partial charge in [0, 0.05) is 12.0 Å². The SMILES string of the molecule is CCCCCCCC/C=C\CCCCCCCCN[C@@H](CCC(=O)[O-])C(=O)[O-].CC[O-].CC[O-].CC[O-].[NH4+].[NH4+].[NH4+].[NH4+].[NH4+]. The summed E-state index contributed by atoms with van der Waals surface area (Å²) in [7, 11) is 0. The molecule has 0 fully saturated rings. The Labute approximate surface area is 258 Å². The van der Waals surface area contributed by atoms with Crippen LogP contribution in [0, 0.1) is 0 Å². The predicted molar refractivity (Wildman–Crippen MR) is 172 cm³/mol. The summed E-state index contributed by atoms with van der Waals surface area (Å²) >= 11 is 0. The average Bonchev–Trinajstić information content (AvgIpc) is 2.84. The molecule has 0 aromatic rings. The Morgan fingerprint density at radius 2 is 0.929 bits per heavy atom. The molecule has 0 spiro atoms. The average molecular weight is 621 g/mol. The number of carboxylic acids is 2. The van der Waals surface area contributed by atoms with Crippen LogP contribution in [0.3, 0.4) is 0 Å². The van der Waals surface area contributed by atoms with Crippen molar-refractivity contribution in [3.05, 3.63) is 12.2 Å². The number of carboxylic acid groups (broad SMARTS) is 2. The number of nitrogens with one attached hydrogen (secondary N) is 1. The van der Waals surface area contributed by atoms with Crippen LogP contribution < -0.4 is 61.6 Å². The Bertz CT molecular complexity index is 473. The summed E-state index contributed by atoms with van der Waals surface area (Å²) < 4.78 is 0. The molecule has 0 saturated heterocycles. The van der Waals surface area contributed by atoms with Crippen molar-refractivity contribution in [3.8, 4) is 0 Å². The highest BCUT2D eigenvalue weighted by Gasteiger charge is 2.08. The minimum atomic E-state index is -1.24. The van der Waals surface area contributed by atoms with E-state index in [2.05, 4.69) is 24.4 Å². The molecule has 0 rings (SSSR count). The van der Waals surface area contributed by atoms with Gasteiger partial charge in [0.1, 0.15) is 0 Å². The van der Waals surface area contributed by atoms with Crippen molar-refractivity contribution in [3.63, 3.8) is 0 Å². The van der Waals surface area contributed by atoms with E-state index in [1.54, 1.807) is 20.8 Å². The van der Waals surface area contributed by atoms with Gasteiger partial charge in [-0.15, -0.1) is 19.8 Å². The van der Waals surface area contributed by atoms with E-state index in [0.717, 1.165) is 19.3 Å². The number of quaternary nitrogens is 5. The van der Waals surface area contributed by atoms with Crippen LogP contribution in [-0.4, -0.2) is 44.3 Å². The summed E-state index contributed by atoms with van der Waals surface area (Å²) in [6.45, 7) is 7.53. The first-order chi connectivity index (χ1) is 17.8. The second kappa shape index (κ2) is 62.8. The lowest BCUT2D eigenvalue weighted by Crippen LogP contribution is -2.46. The summed E-state index contributed by atoms with van der Waals surface area (Å²) in [6.07, 6.45) is 21.7. The Morgan fingerprint density at radius 1 is 0.595 bits per heavy atom. The minimum Gasteiger partial charge on any atom is -0.855 e. The molecule has 0 aliphatic heterocycles. The number of aliphatic carboxylic acids is 2. The van der Waals surface area contributed by atoms with E-state index in [-0.39, 0.29) is 63.4 Å². The lowest BCUT2D eigenvalue weighted by atomic mass is 10.1. The Hall–Kier alpha value is -1.68. The van der Waals surface area contributed by atoms with Gasteiger partial charge < -0.3 is 71.2 Å². The third kappa shape index (κ3) is 77.0. The van der Waals surface area contributed by atoms with Crippen molar-refractivity contribution in [2.45, 2.75) is 136 Å². The van der Waals surface area contributed by atoms with Crippen LogP contribution >= 0.6 is 0 Å². The highest BCUT2D eigenvalue weighted by Crippen LogP contribution is 2.10. The maximum Gasteiger partial charge on any atom is 0.0584 e. The maximum absolute atomic E-state index is 10.9. The highest BCUT2D eigenvalue weighted by molar-refractivity contribution is 5.72. The van der Waals surface area contributed by atoms with Gasteiger partial charge in [-0.2, -0.15) is 0 Å². The summed E-state index contributed by atoms with van der Waals surface area (Å²) in [4.78, 5) is 21.3. The number of carbonyl (C=O) groups excluding carboxylic acids is 2. The lowest BCUT2D eigenvalue weighted by Gasteiger charge is -2.19. The monoisotopic (exact) mass is 621 g/mol. The van der Waals surface area contributed by atoms with Crippen molar-refractivity contribution in [1.82, 2.24) is 36.1 Å². The van der Waals surface area contributed by atoms with Gasteiger partial charge in [-0.05, 0) is 51.5 Å². The number of rotatable bonds is 21. The summed E-state index contributed by atoms with van der Waals surface area (Å²) in [6, 6.07) is -0.902. The van der Waals surface area contributed by atoms with Crippen LogP contribution in [-0.2, 0) is 9.59 Å². The number of hydrogen-bond acceptors (Lipinski definition) is 8. The minimum absolute atomic E-state index is 0. The summed E-state index contributed by atoms with van der Waals surface area (Å²) in [5, 5.41) is 51.0. The third-order valence-electron chi connectivity index (χ3n) is 5.00. The molecular weight excluding hydrogens is 544 g/mol. The van der Waals surface area contributed by atoms with E-state index >= 15 is 0 Å². The molecule has 0 radical (unpaired) electrons. The molecule has 0 saturated carbocycles. The number of hydrogen-bond donors (Lipinski definition) is 6. The molecule has 0 unspecified atom stereocenters. The van der Waals surface area contributed by atoms with E-state index in [4.69, 9.17) is 15.3 Å². The number of carbonyl (C=O) groups is 2. The van der Waals surface area contributed by atoms with Gasteiger partial charge in [-0.3, -0.25) is 0 Å². The largest absolute Gasteiger partial charge is 0.855 e. The van der Waals surface area contributed by atoms with Crippen LogP contribution in [0.4, 0.5) is 0 Å². The first-order valence-corrected chi connectivity index (χ1v) is 14.4.